The molecule has 1 fully saturated rings. The maximum Gasteiger partial charge on any atom is 0.416 e. The molecule has 10 heteroatoms. The number of carboxylic acids is 1. The number of hydrogen-bond donors (Lipinski definition) is 2. The molecule has 0 aromatic heterocycles. The number of carboxylic acid groups (broad SMARTS) is 1. The van der Waals surface area contributed by atoms with E-state index in [-0.39, 0.29) is 25.3 Å². The van der Waals surface area contributed by atoms with Gasteiger partial charge in [-0.2, -0.15) is 13.2 Å². The molecule has 1 saturated heterocycles. The van der Waals surface area contributed by atoms with Crippen LogP contribution in [0.2, 0.25) is 0 Å². The Labute approximate surface area is 195 Å². The molecule has 1 unspecified atom stereocenters. The van der Waals surface area contributed by atoms with Crippen molar-refractivity contribution in [1.82, 2.24) is 10.0 Å². The van der Waals surface area contributed by atoms with Crippen LogP contribution in [0.15, 0.2) is 48.5 Å². The second-order valence-electron chi connectivity index (χ2n) is 8.18. The Morgan fingerprint density at radius 3 is 2.59 bits per heavy atom. The molecule has 0 bridgehead atoms. The molecule has 34 heavy (non-hydrogen) atoms. The molecule has 2 N–H and O–H groups in total. The molecule has 0 aliphatic carbocycles. The summed E-state index contributed by atoms with van der Waals surface area (Å²) in [6.45, 7) is 0.757. The number of carbonyl (C=O) groups excluding carboxylic acids is 1. The number of nitrogens with zero attached hydrogens (tertiary/aromatic N) is 2. The van der Waals surface area contributed by atoms with E-state index in [1.807, 2.05) is 5.01 Å². The van der Waals surface area contributed by atoms with Crippen LogP contribution in [0.25, 0.3) is 0 Å². The van der Waals surface area contributed by atoms with Crippen molar-refractivity contribution < 1.29 is 37.7 Å². The minimum Gasteiger partial charge on any atom is -0.482 e. The zero-order chi connectivity index (χ0) is 24.7. The SMILES string of the molecule is O=C(O)COc1cccc(CN2C(=O)CCCN2CCC(O)Cc2cccc(C(F)(F)F)c2)c1. The number of benzene rings is 2. The molecule has 1 heterocycles. The second-order valence-corrected chi connectivity index (χ2v) is 8.18. The molecule has 2 aromatic carbocycles. The van der Waals surface area contributed by atoms with Gasteiger partial charge in [-0.3, -0.25) is 9.80 Å². The number of aliphatic hydroxyl groups is 1. The lowest BCUT2D eigenvalue weighted by molar-refractivity contribution is -0.158. The van der Waals surface area contributed by atoms with Crippen molar-refractivity contribution in [2.45, 2.75) is 44.5 Å². The summed E-state index contributed by atoms with van der Waals surface area (Å²) in [6, 6.07) is 11.7. The van der Waals surface area contributed by atoms with E-state index in [0.717, 1.165) is 17.7 Å². The molecule has 2 aromatic rings. The van der Waals surface area contributed by atoms with Gasteiger partial charge >= 0.3 is 12.1 Å². The average molecular weight is 480 g/mol. The van der Waals surface area contributed by atoms with Crippen molar-refractivity contribution in [3.8, 4) is 5.75 Å². The van der Waals surface area contributed by atoms with Crippen LogP contribution in [0.1, 0.15) is 36.0 Å². The van der Waals surface area contributed by atoms with E-state index >= 15 is 0 Å². The Kier molecular flexibility index (Phi) is 8.51. The monoisotopic (exact) mass is 480 g/mol. The van der Waals surface area contributed by atoms with Gasteiger partial charge in [0, 0.05) is 19.5 Å². The van der Waals surface area contributed by atoms with Gasteiger partial charge in [0.25, 0.3) is 0 Å². The van der Waals surface area contributed by atoms with Gasteiger partial charge in [0.05, 0.1) is 18.2 Å². The highest BCUT2D eigenvalue weighted by atomic mass is 19.4. The number of aliphatic carboxylic acids is 1. The molecular weight excluding hydrogens is 453 g/mol. The number of hydrazine groups is 1. The highest BCUT2D eigenvalue weighted by Gasteiger charge is 2.30. The summed E-state index contributed by atoms with van der Waals surface area (Å²) in [4.78, 5) is 23.3. The lowest BCUT2D eigenvalue weighted by Crippen LogP contribution is -2.50. The van der Waals surface area contributed by atoms with Gasteiger partial charge in [-0.15, -0.1) is 0 Å². The number of rotatable bonds is 10. The van der Waals surface area contributed by atoms with Gasteiger partial charge in [0.15, 0.2) is 6.61 Å². The van der Waals surface area contributed by atoms with E-state index in [0.29, 0.717) is 37.2 Å². The first-order chi connectivity index (χ1) is 16.1. The predicted molar refractivity (Wildman–Crippen MR) is 117 cm³/mol. The third-order valence-corrected chi connectivity index (χ3v) is 5.48. The fourth-order valence-electron chi connectivity index (χ4n) is 3.84. The second kappa shape index (κ2) is 11.3. The summed E-state index contributed by atoms with van der Waals surface area (Å²) >= 11 is 0. The Morgan fingerprint density at radius 1 is 1.12 bits per heavy atom. The molecule has 0 radical (unpaired) electrons. The van der Waals surface area contributed by atoms with Gasteiger partial charge in [-0.05, 0) is 48.6 Å². The highest BCUT2D eigenvalue weighted by molar-refractivity contribution is 5.76. The molecule has 1 aliphatic rings. The third kappa shape index (κ3) is 7.46. The van der Waals surface area contributed by atoms with E-state index in [9.17, 15) is 27.9 Å². The molecule has 3 rings (SSSR count). The smallest absolute Gasteiger partial charge is 0.416 e. The first kappa shape index (κ1) is 25.5. The van der Waals surface area contributed by atoms with Gasteiger partial charge < -0.3 is 14.9 Å². The molecule has 1 atom stereocenters. The van der Waals surface area contributed by atoms with Crippen molar-refractivity contribution in [2.75, 3.05) is 19.7 Å². The molecule has 1 amide bonds. The standard InChI is InChI=1S/C24H27F3N2O5/c25-24(26,27)19-6-1-4-17(12-19)13-20(30)9-11-28-10-3-8-22(31)29(28)15-18-5-2-7-21(14-18)34-16-23(32)33/h1-2,4-7,12,14,20,30H,3,8-11,13,15-16H2,(H,32,33). The minimum atomic E-state index is -4.44. The lowest BCUT2D eigenvalue weighted by atomic mass is 10.0. The zero-order valence-electron chi connectivity index (χ0n) is 18.5. The van der Waals surface area contributed by atoms with Crippen molar-refractivity contribution in [3.05, 3.63) is 65.2 Å². The van der Waals surface area contributed by atoms with Gasteiger partial charge in [0.2, 0.25) is 5.91 Å². The topological polar surface area (TPSA) is 90.3 Å². The largest absolute Gasteiger partial charge is 0.482 e. The maximum atomic E-state index is 12.9. The number of hydrogen-bond acceptors (Lipinski definition) is 5. The third-order valence-electron chi connectivity index (χ3n) is 5.48. The van der Waals surface area contributed by atoms with Crippen molar-refractivity contribution in [1.29, 1.82) is 0 Å². The summed E-state index contributed by atoms with van der Waals surface area (Å²) in [6.07, 6.45) is -3.89. The van der Waals surface area contributed by atoms with Crippen LogP contribution in [-0.4, -0.2) is 57.9 Å². The maximum absolute atomic E-state index is 12.9. The number of ether oxygens (including phenoxy) is 1. The first-order valence-electron chi connectivity index (χ1n) is 10.9. The fraction of sp³-hybridized carbons (Fsp3) is 0.417. The Morgan fingerprint density at radius 2 is 1.85 bits per heavy atom. The normalized spacial score (nSPS) is 15.9. The minimum absolute atomic E-state index is 0.0736. The molecule has 0 saturated carbocycles. The van der Waals surface area contributed by atoms with Crippen LogP contribution in [0.5, 0.6) is 5.75 Å². The molecular formula is C24H27F3N2O5. The van der Waals surface area contributed by atoms with Crippen LogP contribution in [0.3, 0.4) is 0 Å². The van der Waals surface area contributed by atoms with Crippen molar-refractivity contribution in [3.63, 3.8) is 0 Å². The van der Waals surface area contributed by atoms with Gasteiger partial charge in [-0.25, -0.2) is 9.80 Å². The Hall–Kier alpha value is -3.11. The highest BCUT2D eigenvalue weighted by Crippen LogP contribution is 2.30. The molecule has 0 spiro atoms. The van der Waals surface area contributed by atoms with Crippen LogP contribution in [0, 0.1) is 0 Å². The van der Waals surface area contributed by atoms with Gasteiger partial charge in [-0.1, -0.05) is 30.3 Å². The van der Waals surface area contributed by atoms with Crippen LogP contribution >= 0.6 is 0 Å². The number of amides is 1. The van der Waals surface area contributed by atoms with Crippen LogP contribution < -0.4 is 4.74 Å². The zero-order valence-corrected chi connectivity index (χ0v) is 18.5. The summed E-state index contributed by atoms with van der Waals surface area (Å²) in [5, 5.41) is 22.6. The Bertz CT molecular complexity index is 999. The summed E-state index contributed by atoms with van der Waals surface area (Å²) in [5.74, 6) is -0.783. The number of carbonyl (C=O) groups is 2. The van der Waals surface area contributed by atoms with Crippen LogP contribution in [0.4, 0.5) is 13.2 Å². The molecule has 184 valence electrons. The quantitative estimate of drug-likeness (QED) is 0.541. The number of aliphatic hydroxyl groups excluding tert-OH is 1. The van der Waals surface area contributed by atoms with E-state index in [4.69, 9.17) is 9.84 Å². The van der Waals surface area contributed by atoms with Crippen molar-refractivity contribution in [2.24, 2.45) is 0 Å². The van der Waals surface area contributed by atoms with Gasteiger partial charge in [0.1, 0.15) is 5.75 Å². The lowest BCUT2D eigenvalue weighted by Gasteiger charge is -2.39. The van der Waals surface area contributed by atoms with E-state index in [1.54, 1.807) is 35.3 Å². The fourth-order valence-corrected chi connectivity index (χ4v) is 3.84. The number of alkyl halides is 3. The summed E-state index contributed by atoms with van der Waals surface area (Å²) in [5.41, 5.74) is 0.402. The van der Waals surface area contributed by atoms with E-state index in [1.165, 1.54) is 6.07 Å². The first-order valence-corrected chi connectivity index (χ1v) is 10.9. The molecule has 1 aliphatic heterocycles. The predicted octanol–water partition coefficient (Wildman–Crippen LogP) is 3.50. The summed E-state index contributed by atoms with van der Waals surface area (Å²) < 4.78 is 43.9. The Balaban J connectivity index is 1.59. The number of halogens is 3. The molecule has 7 nitrogen and oxygen atoms in total. The average Bonchev–Trinajstić information content (AvgIpc) is 2.78. The van der Waals surface area contributed by atoms with E-state index < -0.39 is 30.4 Å². The van der Waals surface area contributed by atoms with E-state index in [2.05, 4.69) is 0 Å². The van der Waals surface area contributed by atoms with Crippen LogP contribution in [-0.2, 0) is 28.7 Å². The summed E-state index contributed by atoms with van der Waals surface area (Å²) in [7, 11) is 0. The van der Waals surface area contributed by atoms with Crippen molar-refractivity contribution >= 4 is 11.9 Å².